The second kappa shape index (κ2) is 15.0. The molecule has 0 saturated heterocycles. The number of fused-ring (bicyclic) bond motifs is 1. The molecule has 1 aliphatic rings. The van der Waals surface area contributed by atoms with E-state index in [-0.39, 0.29) is 30.5 Å². The summed E-state index contributed by atoms with van der Waals surface area (Å²) in [5, 5.41) is 20.6. The predicted molar refractivity (Wildman–Crippen MR) is 172 cm³/mol. The Morgan fingerprint density at radius 2 is 1.70 bits per heavy atom. The van der Waals surface area contributed by atoms with Gasteiger partial charge in [0.2, 0.25) is 0 Å². The zero-order chi connectivity index (χ0) is 31.8. The second-order valence-corrected chi connectivity index (χ2v) is 11.8. The van der Waals surface area contributed by atoms with Gasteiger partial charge in [0.25, 0.3) is 11.8 Å². The number of carbonyl (C=O) groups excluding carboxylic acids is 3. The molecule has 0 saturated carbocycles. The smallest absolute Gasteiger partial charge is 0.319 e. The molecule has 0 radical (unpaired) electrons. The van der Waals surface area contributed by atoms with E-state index < -0.39 is 6.04 Å². The zero-order valence-corrected chi connectivity index (χ0v) is 26.6. The lowest BCUT2D eigenvalue weighted by Crippen LogP contribution is -2.46. The van der Waals surface area contributed by atoms with Gasteiger partial charge in [0, 0.05) is 37.1 Å². The summed E-state index contributed by atoms with van der Waals surface area (Å²) in [5.74, 6) is -0.421. The van der Waals surface area contributed by atoms with Gasteiger partial charge in [0.05, 0.1) is 23.9 Å². The number of nitrogens with zero attached hydrogens (tertiary/aromatic N) is 4. The van der Waals surface area contributed by atoms with Gasteiger partial charge in [-0.1, -0.05) is 51.0 Å². The summed E-state index contributed by atoms with van der Waals surface area (Å²) < 4.78 is 1.63. The van der Waals surface area contributed by atoms with E-state index in [1.54, 1.807) is 33.8 Å². The number of unbranched alkanes of at least 4 members (excludes halogenated alkanes) is 2. The summed E-state index contributed by atoms with van der Waals surface area (Å²) in [6, 6.07) is 13.9. The summed E-state index contributed by atoms with van der Waals surface area (Å²) in [6.45, 7) is 11.3. The quantitative estimate of drug-likeness (QED) is 0.260. The predicted octanol–water partition coefficient (Wildman–Crippen LogP) is 5.31. The molecular formula is C34H46N6O4. The van der Waals surface area contributed by atoms with Crippen LogP contribution in [0, 0.1) is 6.92 Å². The number of rotatable bonds is 12. The monoisotopic (exact) mass is 602 g/mol. The molecule has 236 valence electrons. The fourth-order valence-corrected chi connectivity index (χ4v) is 5.54. The first-order valence-electron chi connectivity index (χ1n) is 15.7. The van der Waals surface area contributed by atoms with Crippen molar-refractivity contribution >= 4 is 23.5 Å². The van der Waals surface area contributed by atoms with Gasteiger partial charge in [-0.2, -0.15) is 5.10 Å². The Balaban J connectivity index is 1.74. The average Bonchev–Trinajstić information content (AvgIpc) is 3.40. The van der Waals surface area contributed by atoms with E-state index in [0.717, 1.165) is 36.8 Å². The number of benzene rings is 2. The van der Waals surface area contributed by atoms with Crippen molar-refractivity contribution in [3.63, 3.8) is 0 Å². The van der Waals surface area contributed by atoms with Crippen LogP contribution >= 0.6 is 0 Å². The average molecular weight is 603 g/mol. The molecule has 0 fully saturated rings. The number of aliphatic hydroxyl groups is 1. The van der Waals surface area contributed by atoms with Crippen LogP contribution in [0.5, 0.6) is 0 Å². The third kappa shape index (κ3) is 7.66. The molecule has 10 nitrogen and oxygen atoms in total. The molecule has 1 aromatic heterocycles. The molecule has 4 amide bonds. The maximum Gasteiger partial charge on any atom is 0.319 e. The molecule has 0 spiro atoms. The minimum absolute atomic E-state index is 0.0639. The highest BCUT2D eigenvalue weighted by Crippen LogP contribution is 2.29. The van der Waals surface area contributed by atoms with Crippen LogP contribution in [0.1, 0.15) is 91.0 Å². The number of hydrogen-bond donors (Lipinski definition) is 3. The number of hydrogen-bond acceptors (Lipinski definition) is 5. The molecular weight excluding hydrogens is 556 g/mol. The van der Waals surface area contributed by atoms with Gasteiger partial charge in [-0.3, -0.25) is 9.59 Å². The van der Waals surface area contributed by atoms with Crippen LogP contribution in [-0.2, 0) is 13.0 Å². The number of nitrogens with one attached hydrogen (secondary N) is 2. The lowest BCUT2D eigenvalue weighted by atomic mass is 9.93. The lowest BCUT2D eigenvalue weighted by Gasteiger charge is -2.36. The van der Waals surface area contributed by atoms with E-state index in [0.29, 0.717) is 54.4 Å². The fraction of sp³-hybridized carbons (Fsp3) is 0.471. The van der Waals surface area contributed by atoms with Crippen molar-refractivity contribution in [1.29, 1.82) is 0 Å². The summed E-state index contributed by atoms with van der Waals surface area (Å²) in [7, 11) is 0. The Hall–Kier alpha value is -4.18. The maximum absolute atomic E-state index is 14.4. The molecule has 0 bridgehead atoms. The number of aryl methyl sites for hydroxylation is 1. The molecule has 0 aliphatic carbocycles. The molecule has 4 rings (SSSR count). The van der Waals surface area contributed by atoms with Crippen molar-refractivity contribution in [2.75, 3.05) is 25.0 Å². The number of carbonyl (C=O) groups is 3. The highest BCUT2D eigenvalue weighted by atomic mass is 16.3. The highest BCUT2D eigenvalue weighted by molar-refractivity contribution is 6.00. The van der Waals surface area contributed by atoms with Crippen molar-refractivity contribution in [3.05, 3.63) is 76.6 Å². The van der Waals surface area contributed by atoms with E-state index in [4.69, 9.17) is 5.10 Å². The number of anilines is 1. The van der Waals surface area contributed by atoms with E-state index in [1.807, 2.05) is 49.9 Å². The van der Waals surface area contributed by atoms with Crippen LogP contribution in [0.2, 0.25) is 0 Å². The van der Waals surface area contributed by atoms with Gasteiger partial charge in [0.15, 0.2) is 5.69 Å². The number of aliphatic hydroxyl groups excluding tert-OH is 1. The number of urea groups is 1. The van der Waals surface area contributed by atoms with Crippen molar-refractivity contribution in [2.45, 2.75) is 85.4 Å². The third-order valence-corrected chi connectivity index (χ3v) is 7.92. The molecule has 44 heavy (non-hydrogen) atoms. The summed E-state index contributed by atoms with van der Waals surface area (Å²) in [4.78, 5) is 44.0. The summed E-state index contributed by atoms with van der Waals surface area (Å²) >= 11 is 0. The molecule has 2 aromatic carbocycles. The fourth-order valence-electron chi connectivity index (χ4n) is 5.54. The minimum Gasteiger partial charge on any atom is -0.394 e. The lowest BCUT2D eigenvalue weighted by molar-refractivity contribution is 0.0544. The van der Waals surface area contributed by atoms with Crippen LogP contribution in [0.4, 0.5) is 10.5 Å². The van der Waals surface area contributed by atoms with Crippen molar-refractivity contribution < 1.29 is 19.5 Å². The molecule has 3 aromatic rings. The Morgan fingerprint density at radius 1 is 1.02 bits per heavy atom. The van der Waals surface area contributed by atoms with Crippen molar-refractivity contribution in [1.82, 2.24) is 24.9 Å². The van der Waals surface area contributed by atoms with Gasteiger partial charge in [-0.15, -0.1) is 0 Å². The maximum atomic E-state index is 14.4. The van der Waals surface area contributed by atoms with Crippen LogP contribution in [0.25, 0.3) is 5.69 Å². The van der Waals surface area contributed by atoms with Crippen molar-refractivity contribution in [3.8, 4) is 5.69 Å². The van der Waals surface area contributed by atoms with E-state index >= 15 is 0 Å². The first-order chi connectivity index (χ1) is 21.2. The topological polar surface area (TPSA) is 120 Å². The molecule has 1 atom stereocenters. The van der Waals surface area contributed by atoms with Crippen LogP contribution in [-0.4, -0.2) is 74.3 Å². The van der Waals surface area contributed by atoms with Crippen LogP contribution in [0.3, 0.4) is 0 Å². The van der Waals surface area contributed by atoms with Gasteiger partial charge >= 0.3 is 6.03 Å². The van der Waals surface area contributed by atoms with Gasteiger partial charge in [-0.25, -0.2) is 9.48 Å². The summed E-state index contributed by atoms with van der Waals surface area (Å²) in [5.41, 5.74) is 4.41. The molecule has 0 unspecified atom stereocenters. The normalized spacial score (nSPS) is 14.3. The number of amides is 4. The second-order valence-electron chi connectivity index (χ2n) is 11.8. The first-order valence-corrected chi connectivity index (χ1v) is 15.7. The van der Waals surface area contributed by atoms with Crippen LogP contribution < -0.4 is 10.6 Å². The summed E-state index contributed by atoms with van der Waals surface area (Å²) in [6.07, 6.45) is 4.34. The van der Waals surface area contributed by atoms with E-state index in [9.17, 15) is 19.5 Å². The largest absolute Gasteiger partial charge is 0.394 e. The van der Waals surface area contributed by atoms with E-state index in [1.165, 1.54) is 0 Å². The first kappa shape index (κ1) is 32.7. The third-order valence-electron chi connectivity index (χ3n) is 7.92. The Bertz CT molecular complexity index is 1460. The van der Waals surface area contributed by atoms with Gasteiger partial charge < -0.3 is 25.5 Å². The molecule has 10 heteroatoms. The highest BCUT2D eigenvalue weighted by Gasteiger charge is 2.32. The SMILES string of the molecule is CCCCN(CCCC)C(=O)c1cc(C)n(-c2ccc(NC(=O)NC(C)C)cc2C(=O)N2Cc3ccccc3C[C@H]2CO)n1. The van der Waals surface area contributed by atoms with Crippen LogP contribution in [0.15, 0.2) is 48.5 Å². The zero-order valence-electron chi connectivity index (χ0n) is 26.6. The Morgan fingerprint density at radius 3 is 2.34 bits per heavy atom. The molecule has 2 heterocycles. The molecule has 1 aliphatic heterocycles. The van der Waals surface area contributed by atoms with Gasteiger partial charge in [0.1, 0.15) is 0 Å². The molecule has 3 N–H and O–H groups in total. The number of aromatic nitrogens is 2. The minimum atomic E-state index is -0.410. The standard InChI is InChI=1S/C34H46N6O4/c1-6-8-16-38(17-9-7-2)33(43)30-18-24(5)40(37-30)31-15-14-27(36-34(44)35-23(3)4)20-29(31)32(42)39-21-26-13-11-10-12-25(26)19-28(39)22-41/h10-15,18,20,23,28,41H,6-9,16-17,19,21-22H2,1-5H3,(H2,35,36,44)/t28-/m0/s1. The van der Waals surface area contributed by atoms with E-state index in [2.05, 4.69) is 24.5 Å². The van der Waals surface area contributed by atoms with Gasteiger partial charge in [-0.05, 0) is 75.4 Å². The Kier molecular flexibility index (Phi) is 11.2. The van der Waals surface area contributed by atoms with Crippen molar-refractivity contribution in [2.24, 2.45) is 0 Å². The Labute approximate surface area is 260 Å².